The molecule has 2 aromatic carbocycles. The highest BCUT2D eigenvalue weighted by atomic mass is 35.5. The van der Waals surface area contributed by atoms with Crippen LogP contribution in [0, 0.1) is 11.7 Å². The Hall–Kier alpha value is -2.57. The molecule has 1 saturated heterocycles. The van der Waals surface area contributed by atoms with Gasteiger partial charge in [-0.2, -0.15) is 0 Å². The third-order valence-electron chi connectivity index (χ3n) is 8.22. The molecule has 13 heteroatoms. The first-order valence-electron chi connectivity index (χ1n) is 14.1. The van der Waals surface area contributed by atoms with Crippen LogP contribution in [0.15, 0.2) is 48.7 Å². The van der Waals surface area contributed by atoms with Gasteiger partial charge in [0.05, 0.1) is 32.8 Å². The molecule has 2 heterocycles. The number of carboxylic acids is 1. The van der Waals surface area contributed by atoms with Crippen LogP contribution in [0.2, 0.25) is 10.0 Å². The summed E-state index contributed by atoms with van der Waals surface area (Å²) in [5, 5.41) is 10.1. The van der Waals surface area contributed by atoms with Gasteiger partial charge >= 0.3 is 5.97 Å². The molecule has 2 aliphatic rings. The van der Waals surface area contributed by atoms with Crippen molar-refractivity contribution >= 4 is 56.3 Å². The molecule has 44 heavy (non-hydrogen) atoms. The minimum atomic E-state index is -3.71. The van der Waals surface area contributed by atoms with Crippen LogP contribution in [-0.2, 0) is 25.8 Å². The van der Waals surface area contributed by atoms with Gasteiger partial charge in [-0.1, -0.05) is 41.4 Å². The topological polar surface area (TPSA) is 114 Å². The van der Waals surface area contributed by atoms with Crippen LogP contribution in [0.4, 0.5) is 4.39 Å². The van der Waals surface area contributed by atoms with Crippen molar-refractivity contribution in [1.82, 2.24) is 9.88 Å². The van der Waals surface area contributed by atoms with Crippen molar-refractivity contribution in [3.8, 4) is 0 Å². The van der Waals surface area contributed by atoms with Crippen molar-refractivity contribution in [3.63, 3.8) is 0 Å². The Balaban J connectivity index is 1.71. The van der Waals surface area contributed by atoms with Crippen LogP contribution in [0.3, 0.4) is 0 Å². The average Bonchev–Trinajstić information content (AvgIpc) is 3.67. The van der Waals surface area contributed by atoms with Crippen LogP contribution in [0.5, 0.6) is 0 Å². The number of hydrogen-bond donors (Lipinski definition) is 1. The number of aromatic carboxylic acids is 1. The van der Waals surface area contributed by atoms with Crippen molar-refractivity contribution in [1.29, 1.82) is 0 Å². The third kappa shape index (κ3) is 6.53. The molecule has 2 fully saturated rings. The van der Waals surface area contributed by atoms with Gasteiger partial charge in [-0.25, -0.2) is 22.6 Å². The van der Waals surface area contributed by atoms with Crippen LogP contribution in [-0.4, -0.2) is 57.4 Å². The van der Waals surface area contributed by atoms with Crippen LogP contribution in [0.1, 0.15) is 78.5 Å². The molecular formula is C31H33Cl2FN2O6S2. The standard InChI is InChI=1S/C31H33Cl2FN2O6S2/c1-30(2,3)44(40,41)16-23(17-8-9-17)36-26(18-10-11-21(33)22(34)13-18)27(19-6-5-7-20(32)12-19)42-31(4,29(36)39)14-25-35-15-24(43-25)28(37)38/h5-7,10-13,15,17,23,26-27H,8-9,14,16H2,1-4H3,(H,37,38)/t23?,26-,27-,31-/m1/s1. The smallest absolute Gasteiger partial charge is 0.347 e. The Labute approximate surface area is 270 Å². The fraction of sp³-hybridized carbons (Fsp3) is 0.452. The number of morpholine rings is 1. The third-order valence-corrected chi connectivity index (χ3v) is 12.4. The molecule has 1 aliphatic carbocycles. The number of ether oxygens (including phenoxy) is 1. The number of thiazole rings is 1. The summed E-state index contributed by atoms with van der Waals surface area (Å²) in [7, 11) is -3.71. The minimum absolute atomic E-state index is 0.0109. The molecule has 1 N–H and O–H groups in total. The molecule has 4 atom stereocenters. The van der Waals surface area contributed by atoms with Gasteiger partial charge in [0.1, 0.15) is 16.8 Å². The molecule has 1 aromatic heterocycles. The fourth-order valence-corrected chi connectivity index (χ4v) is 8.16. The first kappa shape index (κ1) is 32.8. The van der Waals surface area contributed by atoms with Crippen molar-refractivity contribution in [2.75, 3.05) is 5.75 Å². The summed E-state index contributed by atoms with van der Waals surface area (Å²) < 4.78 is 48.0. The second kappa shape index (κ2) is 12.0. The molecule has 0 radical (unpaired) electrons. The Morgan fingerprint density at radius 2 is 1.91 bits per heavy atom. The Kier molecular flexibility index (Phi) is 8.94. The van der Waals surface area contributed by atoms with E-state index in [4.69, 9.17) is 27.9 Å². The number of aromatic nitrogens is 1. The summed E-state index contributed by atoms with van der Waals surface area (Å²) in [5.41, 5.74) is -0.602. The second-order valence-corrected chi connectivity index (χ2v) is 17.3. The Morgan fingerprint density at radius 3 is 2.48 bits per heavy atom. The monoisotopic (exact) mass is 682 g/mol. The number of amides is 1. The van der Waals surface area contributed by atoms with Gasteiger partial charge in [-0.05, 0) is 81.8 Å². The molecular weight excluding hydrogens is 650 g/mol. The maximum Gasteiger partial charge on any atom is 0.347 e. The molecule has 0 bridgehead atoms. The van der Waals surface area contributed by atoms with Gasteiger partial charge in [0.2, 0.25) is 0 Å². The summed E-state index contributed by atoms with van der Waals surface area (Å²) in [4.78, 5) is 32.2. The molecule has 0 spiro atoms. The van der Waals surface area contributed by atoms with Crippen LogP contribution < -0.4 is 0 Å². The van der Waals surface area contributed by atoms with E-state index in [2.05, 4.69) is 4.98 Å². The molecule has 3 aromatic rings. The normalized spacial score (nSPS) is 23.5. The number of sulfone groups is 1. The second-order valence-electron chi connectivity index (χ2n) is 12.6. The number of carbonyl (C=O) groups excluding carboxylic acids is 1. The van der Waals surface area contributed by atoms with E-state index in [0.717, 1.165) is 24.2 Å². The number of halogens is 3. The van der Waals surface area contributed by atoms with E-state index in [1.807, 2.05) is 0 Å². The number of nitrogens with zero attached hydrogens (tertiary/aromatic N) is 2. The number of hydrogen-bond acceptors (Lipinski definition) is 7. The first-order valence-corrected chi connectivity index (χ1v) is 17.3. The van der Waals surface area contributed by atoms with Gasteiger partial charge in [0.15, 0.2) is 15.4 Å². The lowest BCUT2D eigenvalue weighted by Crippen LogP contribution is -2.62. The van der Waals surface area contributed by atoms with Crippen molar-refractivity contribution in [3.05, 3.63) is 85.5 Å². The van der Waals surface area contributed by atoms with E-state index in [9.17, 15) is 23.1 Å². The van der Waals surface area contributed by atoms with E-state index in [-0.39, 0.29) is 28.0 Å². The zero-order valence-electron chi connectivity index (χ0n) is 24.6. The quantitative estimate of drug-likeness (QED) is 0.261. The average molecular weight is 684 g/mol. The van der Waals surface area contributed by atoms with E-state index < -0.39 is 56.1 Å². The lowest BCUT2D eigenvalue weighted by Gasteiger charge is -2.52. The summed E-state index contributed by atoms with van der Waals surface area (Å²) >= 11 is 13.4. The largest absolute Gasteiger partial charge is 0.477 e. The highest BCUT2D eigenvalue weighted by Gasteiger charge is 2.56. The van der Waals surface area contributed by atoms with Crippen molar-refractivity contribution in [2.24, 2.45) is 5.92 Å². The molecule has 1 amide bonds. The SMILES string of the molecule is CC(C)(C)S(=O)(=O)CC(C1CC1)N1C(=O)[C@@](C)(Cc2ncc(C(=O)O)s2)O[C@H](c2cccc(Cl)c2)[C@H]1c1ccc(Cl)c(F)c1. The number of benzene rings is 2. The first-order chi connectivity index (χ1) is 20.5. The number of carboxylic acid groups (broad SMARTS) is 1. The molecule has 236 valence electrons. The van der Waals surface area contributed by atoms with E-state index in [0.29, 0.717) is 21.2 Å². The maximum atomic E-state index is 15.0. The lowest BCUT2D eigenvalue weighted by molar-refractivity contribution is -0.202. The molecule has 5 rings (SSSR count). The predicted molar refractivity (Wildman–Crippen MR) is 168 cm³/mol. The molecule has 1 saturated carbocycles. The van der Waals surface area contributed by atoms with E-state index in [1.54, 1.807) is 62.9 Å². The highest BCUT2D eigenvalue weighted by Crippen LogP contribution is 2.51. The zero-order chi connectivity index (χ0) is 32.2. The van der Waals surface area contributed by atoms with Crippen LogP contribution in [0.25, 0.3) is 0 Å². The highest BCUT2D eigenvalue weighted by molar-refractivity contribution is 7.92. The summed E-state index contributed by atoms with van der Waals surface area (Å²) in [6, 6.07) is 9.50. The number of rotatable bonds is 9. The number of carbonyl (C=O) groups is 2. The molecule has 1 aliphatic heterocycles. The summed E-state index contributed by atoms with van der Waals surface area (Å²) in [6.07, 6.45) is 1.71. The van der Waals surface area contributed by atoms with E-state index in [1.165, 1.54) is 18.3 Å². The summed E-state index contributed by atoms with van der Waals surface area (Å²) in [6.45, 7) is 6.48. The van der Waals surface area contributed by atoms with Crippen molar-refractivity contribution in [2.45, 2.75) is 75.5 Å². The lowest BCUT2D eigenvalue weighted by atomic mass is 9.85. The van der Waals surface area contributed by atoms with Crippen molar-refractivity contribution < 1.29 is 32.2 Å². The Morgan fingerprint density at radius 1 is 1.20 bits per heavy atom. The van der Waals surface area contributed by atoms with Gasteiger partial charge < -0.3 is 14.7 Å². The van der Waals surface area contributed by atoms with Gasteiger partial charge in [0.25, 0.3) is 5.91 Å². The predicted octanol–water partition coefficient (Wildman–Crippen LogP) is 6.92. The van der Waals surface area contributed by atoms with Gasteiger partial charge in [0, 0.05) is 17.5 Å². The maximum absolute atomic E-state index is 15.0. The molecule has 8 nitrogen and oxygen atoms in total. The van der Waals surface area contributed by atoms with Gasteiger partial charge in [-0.3, -0.25) is 4.79 Å². The molecule has 1 unspecified atom stereocenters. The van der Waals surface area contributed by atoms with Crippen LogP contribution >= 0.6 is 34.5 Å². The van der Waals surface area contributed by atoms with E-state index >= 15 is 4.39 Å². The van der Waals surface area contributed by atoms with Gasteiger partial charge in [-0.15, -0.1) is 11.3 Å². The minimum Gasteiger partial charge on any atom is -0.477 e. The zero-order valence-corrected chi connectivity index (χ0v) is 27.7. The Bertz CT molecular complexity index is 1700. The summed E-state index contributed by atoms with van der Waals surface area (Å²) in [5.74, 6) is -2.72. The fourth-order valence-electron chi connectivity index (χ4n) is 5.56.